The molecule has 0 aliphatic carbocycles. The van der Waals surface area contributed by atoms with Gasteiger partial charge in [0.1, 0.15) is 18.8 Å². The number of anilines is 1. The molecular formula is C19H17BrClN3O3. The van der Waals surface area contributed by atoms with Gasteiger partial charge in [-0.1, -0.05) is 36.4 Å². The van der Waals surface area contributed by atoms with E-state index in [-0.39, 0.29) is 6.42 Å². The second kappa shape index (κ2) is 10.5. The van der Waals surface area contributed by atoms with E-state index in [2.05, 4.69) is 38.4 Å². The monoisotopic (exact) mass is 449 g/mol. The lowest BCUT2D eigenvalue weighted by atomic mass is 10.2. The first kappa shape index (κ1) is 20.7. The van der Waals surface area contributed by atoms with Gasteiger partial charge >= 0.3 is 0 Å². The van der Waals surface area contributed by atoms with Crippen LogP contribution < -0.4 is 15.5 Å². The predicted molar refractivity (Wildman–Crippen MR) is 110 cm³/mol. The summed E-state index contributed by atoms with van der Waals surface area (Å²) in [5.41, 5.74) is 3.50. The van der Waals surface area contributed by atoms with Crippen LogP contribution in [-0.2, 0) is 9.59 Å². The summed E-state index contributed by atoms with van der Waals surface area (Å²) in [6, 6.07) is 12.1. The van der Waals surface area contributed by atoms with E-state index in [4.69, 9.17) is 16.3 Å². The number of halogens is 2. The molecule has 0 heterocycles. The number of para-hydroxylation sites is 1. The quantitative estimate of drug-likeness (QED) is 0.274. The summed E-state index contributed by atoms with van der Waals surface area (Å²) in [6.07, 6.45) is 2.74. The van der Waals surface area contributed by atoms with E-state index in [0.29, 0.717) is 23.1 Å². The third-order valence-electron chi connectivity index (χ3n) is 3.18. The van der Waals surface area contributed by atoms with Gasteiger partial charge in [-0.3, -0.25) is 9.59 Å². The number of amides is 2. The van der Waals surface area contributed by atoms with Gasteiger partial charge in [0.05, 0.1) is 21.4 Å². The van der Waals surface area contributed by atoms with Crippen molar-refractivity contribution < 1.29 is 14.3 Å². The van der Waals surface area contributed by atoms with Crippen molar-refractivity contribution in [3.63, 3.8) is 0 Å². The number of nitrogens with one attached hydrogen (secondary N) is 2. The molecule has 0 fully saturated rings. The minimum Gasteiger partial charge on any atom is -0.488 e. The highest BCUT2D eigenvalue weighted by atomic mass is 79.9. The molecule has 2 rings (SSSR count). The molecule has 8 heteroatoms. The number of hydrazone groups is 1. The van der Waals surface area contributed by atoms with Gasteiger partial charge in [0.25, 0.3) is 0 Å². The van der Waals surface area contributed by atoms with Gasteiger partial charge in [0.15, 0.2) is 0 Å². The number of benzene rings is 2. The zero-order chi connectivity index (χ0) is 19.6. The van der Waals surface area contributed by atoms with E-state index in [0.717, 1.165) is 10.0 Å². The normalized spacial score (nSPS) is 10.4. The smallest absolute Gasteiger partial charge is 0.249 e. The van der Waals surface area contributed by atoms with Crippen LogP contribution in [-0.4, -0.2) is 24.6 Å². The third-order valence-corrected chi connectivity index (χ3v) is 4.13. The van der Waals surface area contributed by atoms with Crippen LogP contribution in [0, 0.1) is 0 Å². The number of rotatable bonds is 8. The van der Waals surface area contributed by atoms with Gasteiger partial charge in [0.2, 0.25) is 11.8 Å². The average molecular weight is 451 g/mol. The number of carbonyl (C=O) groups excluding carboxylic acids is 2. The van der Waals surface area contributed by atoms with Crippen LogP contribution in [0.1, 0.15) is 12.0 Å². The van der Waals surface area contributed by atoms with Crippen molar-refractivity contribution in [1.82, 2.24) is 5.43 Å². The molecule has 2 aromatic carbocycles. The van der Waals surface area contributed by atoms with E-state index >= 15 is 0 Å². The fourth-order valence-electron chi connectivity index (χ4n) is 1.98. The molecule has 0 saturated heterocycles. The van der Waals surface area contributed by atoms with Crippen molar-refractivity contribution in [3.05, 3.63) is 70.2 Å². The van der Waals surface area contributed by atoms with Crippen molar-refractivity contribution in [2.75, 3.05) is 11.9 Å². The Bertz CT molecular complexity index is 871. The maximum atomic E-state index is 11.9. The van der Waals surface area contributed by atoms with E-state index in [1.165, 1.54) is 6.21 Å². The van der Waals surface area contributed by atoms with E-state index < -0.39 is 11.8 Å². The van der Waals surface area contributed by atoms with Crippen LogP contribution in [0.3, 0.4) is 0 Å². The highest BCUT2D eigenvalue weighted by Crippen LogP contribution is 2.25. The van der Waals surface area contributed by atoms with Crippen LogP contribution >= 0.6 is 27.5 Å². The summed E-state index contributed by atoms with van der Waals surface area (Å²) in [7, 11) is 0. The van der Waals surface area contributed by atoms with Crippen LogP contribution in [0.15, 0.2) is 64.7 Å². The number of hydrogen-bond donors (Lipinski definition) is 2. The van der Waals surface area contributed by atoms with Crippen molar-refractivity contribution in [3.8, 4) is 5.75 Å². The van der Waals surface area contributed by atoms with Gasteiger partial charge < -0.3 is 10.1 Å². The molecule has 27 heavy (non-hydrogen) atoms. The summed E-state index contributed by atoms with van der Waals surface area (Å²) in [6.45, 7) is 3.99. The summed E-state index contributed by atoms with van der Waals surface area (Å²) < 4.78 is 6.20. The van der Waals surface area contributed by atoms with Crippen LogP contribution in [0.25, 0.3) is 0 Å². The molecule has 0 spiro atoms. The topological polar surface area (TPSA) is 79.8 Å². The molecule has 0 unspecified atom stereocenters. The molecule has 0 bridgehead atoms. The first-order valence-corrected chi connectivity index (χ1v) is 9.06. The standard InChI is InChI=1S/C19H17BrClN3O3/c1-2-9-27-17-8-7-13(10-14(17)20)12-22-24-19(26)11-18(25)23-16-6-4-3-5-15(16)21/h2-8,10,12H,1,9,11H2,(H,23,25)(H,24,26). The minimum absolute atomic E-state index is 0.374. The molecule has 140 valence electrons. The molecule has 0 aliphatic heterocycles. The Morgan fingerprint density at radius 1 is 1.22 bits per heavy atom. The summed E-state index contributed by atoms with van der Waals surface area (Å²) in [4.78, 5) is 23.7. The molecular weight excluding hydrogens is 434 g/mol. The SMILES string of the molecule is C=CCOc1ccc(C=NNC(=O)CC(=O)Nc2ccccc2Cl)cc1Br. The van der Waals surface area contributed by atoms with Crippen molar-refractivity contribution >= 4 is 51.2 Å². The maximum Gasteiger partial charge on any atom is 0.249 e. The Kier molecular flexibility index (Phi) is 8.03. The van der Waals surface area contributed by atoms with Crippen LogP contribution in [0.4, 0.5) is 5.69 Å². The molecule has 0 radical (unpaired) electrons. The lowest BCUT2D eigenvalue weighted by Gasteiger charge is -2.06. The highest BCUT2D eigenvalue weighted by Gasteiger charge is 2.10. The lowest BCUT2D eigenvalue weighted by Crippen LogP contribution is -2.24. The minimum atomic E-state index is -0.541. The highest BCUT2D eigenvalue weighted by molar-refractivity contribution is 9.10. The number of ether oxygens (including phenoxy) is 1. The maximum absolute atomic E-state index is 11.9. The van der Waals surface area contributed by atoms with Gasteiger partial charge in [0, 0.05) is 0 Å². The Morgan fingerprint density at radius 3 is 2.70 bits per heavy atom. The number of nitrogens with zero attached hydrogens (tertiary/aromatic N) is 1. The molecule has 2 amide bonds. The van der Waals surface area contributed by atoms with Gasteiger partial charge in [-0.25, -0.2) is 5.43 Å². The fraction of sp³-hybridized carbons (Fsp3) is 0.105. The molecule has 0 aromatic heterocycles. The number of hydrogen-bond acceptors (Lipinski definition) is 4. The fourth-order valence-corrected chi connectivity index (χ4v) is 2.68. The predicted octanol–water partition coefficient (Wildman–Crippen LogP) is 4.15. The Labute approximate surface area is 170 Å². The average Bonchev–Trinajstić information content (AvgIpc) is 2.63. The second-order valence-electron chi connectivity index (χ2n) is 5.29. The van der Waals surface area contributed by atoms with Gasteiger partial charge in [-0.05, 0) is 51.8 Å². The molecule has 0 saturated carbocycles. The lowest BCUT2D eigenvalue weighted by molar-refractivity contribution is -0.126. The largest absolute Gasteiger partial charge is 0.488 e. The first-order valence-electron chi connectivity index (χ1n) is 7.89. The molecule has 0 aliphatic rings. The van der Waals surface area contributed by atoms with Crippen molar-refractivity contribution in [1.29, 1.82) is 0 Å². The molecule has 2 aromatic rings. The van der Waals surface area contributed by atoms with E-state index in [1.807, 2.05) is 0 Å². The Morgan fingerprint density at radius 2 is 2.00 bits per heavy atom. The summed E-state index contributed by atoms with van der Waals surface area (Å²) in [5, 5.41) is 6.81. The van der Waals surface area contributed by atoms with Gasteiger partial charge in [-0.15, -0.1) is 0 Å². The molecule has 0 atom stereocenters. The third kappa shape index (κ3) is 6.88. The Hall–Kier alpha value is -2.64. The first-order chi connectivity index (χ1) is 13.0. The summed E-state index contributed by atoms with van der Waals surface area (Å²) >= 11 is 9.35. The zero-order valence-corrected chi connectivity index (χ0v) is 16.6. The van der Waals surface area contributed by atoms with E-state index in [9.17, 15) is 9.59 Å². The van der Waals surface area contributed by atoms with Crippen molar-refractivity contribution in [2.24, 2.45) is 5.10 Å². The number of carbonyl (C=O) groups is 2. The zero-order valence-electron chi connectivity index (χ0n) is 14.2. The summed E-state index contributed by atoms with van der Waals surface area (Å²) in [5.74, 6) is -0.351. The van der Waals surface area contributed by atoms with Crippen LogP contribution in [0.5, 0.6) is 5.75 Å². The second-order valence-corrected chi connectivity index (χ2v) is 6.55. The van der Waals surface area contributed by atoms with Crippen molar-refractivity contribution in [2.45, 2.75) is 6.42 Å². The van der Waals surface area contributed by atoms with E-state index in [1.54, 1.807) is 48.5 Å². The van der Waals surface area contributed by atoms with Gasteiger partial charge in [-0.2, -0.15) is 5.10 Å². The Balaban J connectivity index is 1.84. The molecule has 2 N–H and O–H groups in total. The molecule has 6 nitrogen and oxygen atoms in total. The van der Waals surface area contributed by atoms with Crippen LogP contribution in [0.2, 0.25) is 5.02 Å².